The fourth-order valence-electron chi connectivity index (χ4n) is 3.87. The molecule has 0 saturated carbocycles. The molecular weight excluding hydrogens is 440 g/mol. The van der Waals surface area contributed by atoms with Gasteiger partial charge in [-0.3, -0.25) is 4.79 Å². The highest BCUT2D eigenvalue weighted by atomic mass is 32.2. The molecule has 2 aromatic carbocycles. The molecule has 0 spiro atoms. The number of carbonyl (C=O) groups is 3. The predicted molar refractivity (Wildman–Crippen MR) is 128 cm³/mol. The molecule has 1 aliphatic carbocycles. The van der Waals surface area contributed by atoms with Crippen molar-refractivity contribution in [1.29, 1.82) is 0 Å². The molecule has 0 fully saturated rings. The van der Waals surface area contributed by atoms with E-state index in [1.165, 1.54) is 11.8 Å². The lowest BCUT2D eigenvalue weighted by Gasteiger charge is -2.20. The Hall–Kier alpha value is -3.44. The number of terminal acetylenes is 1. The fourth-order valence-corrected chi connectivity index (χ4v) is 4.35. The van der Waals surface area contributed by atoms with Crippen LogP contribution in [0.5, 0.6) is 0 Å². The monoisotopic (exact) mass is 466 g/mol. The SMILES string of the molecule is C#CCC(NC(=O)OCC1c2ccccc2-c2ccccc21)C(=O)N[C@@H](CCSC)C(=O)O. The Morgan fingerprint density at radius 1 is 1.06 bits per heavy atom. The van der Waals surface area contributed by atoms with E-state index in [2.05, 4.69) is 16.6 Å². The van der Waals surface area contributed by atoms with Crippen LogP contribution in [0.4, 0.5) is 4.79 Å². The van der Waals surface area contributed by atoms with Crippen LogP contribution < -0.4 is 10.6 Å². The first kappa shape index (κ1) is 24.2. The average molecular weight is 467 g/mol. The number of carbonyl (C=O) groups excluding carboxylic acids is 2. The normalized spacial score (nSPS) is 13.7. The van der Waals surface area contributed by atoms with Gasteiger partial charge in [-0.05, 0) is 40.7 Å². The molecule has 0 radical (unpaired) electrons. The van der Waals surface area contributed by atoms with Crippen LogP contribution in [0.2, 0.25) is 0 Å². The van der Waals surface area contributed by atoms with Crippen LogP contribution in [-0.4, -0.2) is 53.8 Å². The molecule has 3 rings (SSSR count). The molecule has 0 saturated heterocycles. The minimum absolute atomic E-state index is 0.0924. The largest absolute Gasteiger partial charge is 0.480 e. The van der Waals surface area contributed by atoms with E-state index < -0.39 is 30.1 Å². The summed E-state index contributed by atoms with van der Waals surface area (Å²) in [4.78, 5) is 36.5. The van der Waals surface area contributed by atoms with Gasteiger partial charge in [-0.15, -0.1) is 12.3 Å². The molecule has 2 atom stereocenters. The van der Waals surface area contributed by atoms with Crippen molar-refractivity contribution < 1.29 is 24.2 Å². The van der Waals surface area contributed by atoms with Crippen molar-refractivity contribution in [3.63, 3.8) is 0 Å². The number of hydrogen-bond donors (Lipinski definition) is 3. The first-order chi connectivity index (χ1) is 16.0. The second kappa shape index (κ2) is 11.4. The Balaban J connectivity index is 1.63. The Bertz CT molecular complexity index is 1020. The third-order valence-corrected chi connectivity index (χ3v) is 6.14. The van der Waals surface area contributed by atoms with Gasteiger partial charge >= 0.3 is 12.1 Å². The van der Waals surface area contributed by atoms with Gasteiger partial charge in [-0.2, -0.15) is 11.8 Å². The molecule has 0 aromatic heterocycles. The van der Waals surface area contributed by atoms with Crippen LogP contribution >= 0.6 is 11.8 Å². The number of benzene rings is 2. The first-order valence-corrected chi connectivity index (χ1v) is 11.9. The van der Waals surface area contributed by atoms with Crippen molar-refractivity contribution in [3.05, 3.63) is 59.7 Å². The minimum Gasteiger partial charge on any atom is -0.480 e. The van der Waals surface area contributed by atoms with Crippen LogP contribution in [0.25, 0.3) is 11.1 Å². The van der Waals surface area contributed by atoms with Crippen molar-refractivity contribution in [2.24, 2.45) is 0 Å². The molecule has 1 aliphatic rings. The summed E-state index contributed by atoms with van der Waals surface area (Å²) in [6, 6.07) is 13.8. The highest BCUT2D eigenvalue weighted by Gasteiger charge is 2.30. The lowest BCUT2D eigenvalue weighted by atomic mass is 9.98. The number of amides is 2. The number of alkyl carbamates (subject to hydrolysis) is 1. The molecule has 8 heteroatoms. The predicted octanol–water partition coefficient (Wildman–Crippen LogP) is 3.24. The molecule has 0 heterocycles. The highest BCUT2D eigenvalue weighted by Crippen LogP contribution is 2.44. The maximum atomic E-state index is 12.6. The van der Waals surface area contributed by atoms with Gasteiger partial charge in [0.25, 0.3) is 0 Å². The number of hydrogen-bond acceptors (Lipinski definition) is 5. The smallest absolute Gasteiger partial charge is 0.407 e. The summed E-state index contributed by atoms with van der Waals surface area (Å²) in [5, 5.41) is 14.3. The number of thioether (sulfide) groups is 1. The van der Waals surface area contributed by atoms with Crippen molar-refractivity contribution in [3.8, 4) is 23.5 Å². The number of nitrogens with one attached hydrogen (secondary N) is 2. The maximum Gasteiger partial charge on any atom is 0.407 e. The summed E-state index contributed by atoms with van der Waals surface area (Å²) in [6.45, 7) is 0.0930. The molecule has 33 heavy (non-hydrogen) atoms. The average Bonchev–Trinajstić information content (AvgIpc) is 3.13. The molecule has 2 amide bonds. The third kappa shape index (κ3) is 5.88. The van der Waals surface area contributed by atoms with E-state index in [0.717, 1.165) is 22.3 Å². The summed E-state index contributed by atoms with van der Waals surface area (Å²) < 4.78 is 5.47. The van der Waals surface area contributed by atoms with Crippen molar-refractivity contribution in [2.75, 3.05) is 18.6 Å². The molecular formula is C25H26N2O5S. The van der Waals surface area contributed by atoms with E-state index in [0.29, 0.717) is 5.75 Å². The number of rotatable bonds is 10. The number of fused-ring (bicyclic) bond motifs is 3. The zero-order valence-electron chi connectivity index (χ0n) is 18.2. The summed E-state index contributed by atoms with van der Waals surface area (Å²) in [6.07, 6.45) is 6.58. The summed E-state index contributed by atoms with van der Waals surface area (Å²) >= 11 is 1.48. The van der Waals surface area contributed by atoms with E-state index >= 15 is 0 Å². The third-order valence-electron chi connectivity index (χ3n) is 5.50. The zero-order chi connectivity index (χ0) is 23.8. The topological polar surface area (TPSA) is 105 Å². The van der Waals surface area contributed by atoms with Gasteiger partial charge in [0.05, 0.1) is 0 Å². The quantitative estimate of drug-likeness (QED) is 0.465. The van der Waals surface area contributed by atoms with Gasteiger partial charge in [-0.25, -0.2) is 9.59 Å². The number of carboxylic acids is 1. The van der Waals surface area contributed by atoms with E-state index in [4.69, 9.17) is 11.2 Å². The molecule has 2 aromatic rings. The summed E-state index contributed by atoms with van der Waals surface area (Å²) in [7, 11) is 0. The van der Waals surface area contributed by atoms with Gasteiger partial charge < -0.3 is 20.5 Å². The number of carboxylic acid groups (broad SMARTS) is 1. The second-order valence-corrected chi connectivity index (χ2v) is 8.60. The van der Waals surface area contributed by atoms with E-state index in [9.17, 15) is 19.5 Å². The van der Waals surface area contributed by atoms with Crippen LogP contribution in [0.15, 0.2) is 48.5 Å². The zero-order valence-corrected chi connectivity index (χ0v) is 19.1. The lowest BCUT2D eigenvalue weighted by molar-refractivity contribution is -0.142. The molecule has 0 bridgehead atoms. The standard InChI is InChI=1S/C25H26N2O5S/c1-3-8-21(23(28)26-22(24(29)30)13-14-33-2)27-25(31)32-15-20-18-11-6-4-9-16(18)17-10-5-7-12-19(17)20/h1,4-7,9-12,20-22H,8,13-15H2,2H3,(H,26,28)(H,27,31)(H,29,30)/t21?,22-/m0/s1. The lowest BCUT2D eigenvalue weighted by Crippen LogP contribution is -2.51. The van der Waals surface area contributed by atoms with Crippen LogP contribution in [0.3, 0.4) is 0 Å². The van der Waals surface area contributed by atoms with E-state index in [1.807, 2.05) is 54.8 Å². The fraction of sp³-hybridized carbons (Fsp3) is 0.320. The Labute approximate surface area is 197 Å². The van der Waals surface area contributed by atoms with Gasteiger partial charge in [-0.1, -0.05) is 48.5 Å². The first-order valence-electron chi connectivity index (χ1n) is 10.5. The van der Waals surface area contributed by atoms with E-state index in [1.54, 1.807) is 0 Å². The maximum absolute atomic E-state index is 12.6. The second-order valence-electron chi connectivity index (χ2n) is 7.61. The Morgan fingerprint density at radius 2 is 1.67 bits per heavy atom. The van der Waals surface area contributed by atoms with E-state index in [-0.39, 0.29) is 25.4 Å². The van der Waals surface area contributed by atoms with Crippen LogP contribution in [0.1, 0.15) is 29.9 Å². The van der Waals surface area contributed by atoms with Gasteiger partial charge in [0.15, 0.2) is 0 Å². The number of ether oxygens (including phenoxy) is 1. The van der Waals surface area contributed by atoms with Gasteiger partial charge in [0.2, 0.25) is 5.91 Å². The minimum atomic E-state index is -1.14. The van der Waals surface area contributed by atoms with Crippen LogP contribution in [0, 0.1) is 12.3 Å². The Morgan fingerprint density at radius 3 is 2.21 bits per heavy atom. The van der Waals surface area contributed by atoms with Crippen LogP contribution in [-0.2, 0) is 14.3 Å². The highest BCUT2D eigenvalue weighted by molar-refractivity contribution is 7.98. The molecule has 0 aliphatic heterocycles. The number of aliphatic carboxylic acids is 1. The molecule has 172 valence electrons. The van der Waals surface area contributed by atoms with Gasteiger partial charge in [0, 0.05) is 12.3 Å². The summed E-state index contributed by atoms with van der Waals surface area (Å²) in [5.74, 6) is 0.989. The summed E-state index contributed by atoms with van der Waals surface area (Å²) in [5.41, 5.74) is 4.36. The molecule has 1 unspecified atom stereocenters. The van der Waals surface area contributed by atoms with Gasteiger partial charge in [0.1, 0.15) is 18.7 Å². The van der Waals surface area contributed by atoms with Crippen molar-refractivity contribution in [1.82, 2.24) is 10.6 Å². The molecule has 7 nitrogen and oxygen atoms in total. The van der Waals surface area contributed by atoms with Crippen molar-refractivity contribution in [2.45, 2.75) is 30.8 Å². The van der Waals surface area contributed by atoms with Crippen molar-refractivity contribution >= 4 is 29.7 Å². The Kier molecular flexibility index (Phi) is 8.39. The molecule has 3 N–H and O–H groups in total.